The summed E-state index contributed by atoms with van der Waals surface area (Å²) in [6, 6.07) is 17.4. The molecule has 1 aromatic heterocycles. The predicted octanol–water partition coefficient (Wildman–Crippen LogP) is 3.96. The number of fused-ring (bicyclic) bond motifs is 1. The second-order valence-corrected chi connectivity index (χ2v) is 9.74. The Kier molecular flexibility index (Phi) is 5.66. The van der Waals surface area contributed by atoms with Crippen molar-refractivity contribution in [2.45, 2.75) is 25.3 Å². The second-order valence-electron chi connectivity index (χ2n) is 7.69. The van der Waals surface area contributed by atoms with Gasteiger partial charge in [-0.2, -0.15) is 4.31 Å². The van der Waals surface area contributed by atoms with Crippen LogP contribution in [0.3, 0.4) is 0 Å². The van der Waals surface area contributed by atoms with E-state index in [1.807, 2.05) is 32.0 Å². The number of sulfonamides is 1. The Bertz CT molecular complexity index is 1500. The molecule has 0 atom stereocenters. The highest BCUT2D eigenvalue weighted by Crippen LogP contribution is 2.21. The number of hydrogen-bond donors (Lipinski definition) is 0. The maximum absolute atomic E-state index is 13.6. The standard InChI is InChI=1S/C24H22FN3O3S/c1-16-11-12-22(17(2)13-16)28-23(26-21-10-5-4-9-20(21)24(28)29)15-27(3)32(30,31)19-8-6-7-18(25)14-19/h4-14H,15H2,1-3H3. The molecule has 0 aliphatic carbocycles. The summed E-state index contributed by atoms with van der Waals surface area (Å²) in [5, 5.41) is 0.437. The molecular formula is C24H22FN3O3S. The van der Waals surface area contributed by atoms with Gasteiger partial charge in [-0.05, 0) is 55.8 Å². The number of nitrogens with zero attached hydrogens (tertiary/aromatic N) is 3. The molecule has 3 aromatic carbocycles. The highest BCUT2D eigenvalue weighted by atomic mass is 32.2. The number of rotatable bonds is 5. The number of aryl methyl sites for hydroxylation is 2. The summed E-state index contributed by atoms with van der Waals surface area (Å²) in [5.41, 5.74) is 2.73. The first-order valence-electron chi connectivity index (χ1n) is 9.98. The van der Waals surface area contributed by atoms with Gasteiger partial charge in [0.2, 0.25) is 10.0 Å². The molecular weight excluding hydrogens is 429 g/mol. The normalized spacial score (nSPS) is 11.9. The molecule has 0 amide bonds. The third-order valence-corrected chi connectivity index (χ3v) is 7.11. The molecule has 164 valence electrons. The van der Waals surface area contributed by atoms with Crippen LogP contribution >= 0.6 is 0 Å². The Morgan fingerprint density at radius 3 is 2.47 bits per heavy atom. The van der Waals surface area contributed by atoms with Crippen molar-refractivity contribution >= 4 is 20.9 Å². The zero-order valence-electron chi connectivity index (χ0n) is 17.9. The van der Waals surface area contributed by atoms with Crippen LogP contribution in [0, 0.1) is 19.7 Å². The van der Waals surface area contributed by atoms with E-state index in [0.717, 1.165) is 21.5 Å². The van der Waals surface area contributed by atoms with Crippen molar-refractivity contribution in [3.63, 3.8) is 0 Å². The number of hydrogen-bond acceptors (Lipinski definition) is 4. The van der Waals surface area contributed by atoms with E-state index in [4.69, 9.17) is 0 Å². The molecule has 4 aromatic rings. The average Bonchev–Trinajstić information content (AvgIpc) is 2.75. The van der Waals surface area contributed by atoms with Gasteiger partial charge in [-0.3, -0.25) is 9.36 Å². The molecule has 0 aliphatic heterocycles. The van der Waals surface area contributed by atoms with Crippen molar-refractivity contribution < 1.29 is 12.8 Å². The molecule has 0 radical (unpaired) electrons. The van der Waals surface area contributed by atoms with E-state index in [-0.39, 0.29) is 22.8 Å². The van der Waals surface area contributed by atoms with Gasteiger partial charge < -0.3 is 0 Å². The van der Waals surface area contributed by atoms with Crippen molar-refractivity contribution in [2.24, 2.45) is 0 Å². The van der Waals surface area contributed by atoms with Crippen LogP contribution in [0.25, 0.3) is 16.6 Å². The first-order chi connectivity index (χ1) is 15.2. The second kappa shape index (κ2) is 8.29. The lowest BCUT2D eigenvalue weighted by Gasteiger charge is -2.21. The van der Waals surface area contributed by atoms with Crippen LogP contribution in [-0.2, 0) is 16.6 Å². The predicted molar refractivity (Wildman–Crippen MR) is 122 cm³/mol. The summed E-state index contributed by atoms with van der Waals surface area (Å²) in [6.45, 7) is 3.67. The zero-order chi connectivity index (χ0) is 23.0. The smallest absolute Gasteiger partial charge is 0.266 e. The summed E-state index contributed by atoms with van der Waals surface area (Å²) in [5.74, 6) is -0.376. The van der Waals surface area contributed by atoms with E-state index in [0.29, 0.717) is 16.6 Å². The molecule has 1 heterocycles. The highest BCUT2D eigenvalue weighted by Gasteiger charge is 2.24. The Morgan fingerprint density at radius 2 is 1.75 bits per heavy atom. The van der Waals surface area contributed by atoms with Crippen molar-refractivity contribution in [2.75, 3.05) is 7.05 Å². The van der Waals surface area contributed by atoms with E-state index >= 15 is 0 Å². The lowest BCUT2D eigenvalue weighted by molar-refractivity contribution is 0.451. The molecule has 32 heavy (non-hydrogen) atoms. The van der Waals surface area contributed by atoms with Gasteiger partial charge in [0.15, 0.2) is 0 Å². The Hall–Kier alpha value is -3.36. The minimum Gasteiger partial charge on any atom is -0.268 e. The van der Waals surface area contributed by atoms with Gasteiger partial charge in [0.05, 0.1) is 28.0 Å². The van der Waals surface area contributed by atoms with Crippen molar-refractivity contribution in [3.8, 4) is 5.69 Å². The third kappa shape index (κ3) is 3.94. The Balaban J connectivity index is 1.89. The minimum absolute atomic E-state index is 0.166. The van der Waals surface area contributed by atoms with Crippen molar-refractivity contribution in [3.05, 3.63) is 99.9 Å². The number of aromatic nitrogens is 2. The van der Waals surface area contributed by atoms with Crippen molar-refractivity contribution in [1.29, 1.82) is 0 Å². The molecule has 8 heteroatoms. The summed E-state index contributed by atoms with van der Waals surface area (Å²) in [6.07, 6.45) is 0. The first-order valence-corrected chi connectivity index (χ1v) is 11.4. The van der Waals surface area contributed by atoms with E-state index in [2.05, 4.69) is 4.98 Å². The van der Waals surface area contributed by atoms with Crippen LogP contribution in [-0.4, -0.2) is 29.3 Å². The first kappa shape index (κ1) is 21.9. The molecule has 0 unspecified atom stereocenters. The molecule has 0 aliphatic rings. The summed E-state index contributed by atoms with van der Waals surface area (Å²) >= 11 is 0. The lowest BCUT2D eigenvalue weighted by Crippen LogP contribution is -2.32. The number of benzene rings is 3. The molecule has 0 N–H and O–H groups in total. The number of halogens is 1. The molecule has 0 saturated heterocycles. The van der Waals surface area contributed by atoms with Gasteiger partial charge in [0.1, 0.15) is 11.6 Å². The van der Waals surface area contributed by atoms with Gasteiger partial charge in [-0.15, -0.1) is 0 Å². The maximum Gasteiger partial charge on any atom is 0.266 e. The Morgan fingerprint density at radius 1 is 1.00 bits per heavy atom. The topological polar surface area (TPSA) is 72.3 Å². The van der Waals surface area contributed by atoms with Crippen LogP contribution in [0.15, 0.2) is 76.4 Å². The summed E-state index contributed by atoms with van der Waals surface area (Å²) in [4.78, 5) is 17.9. The van der Waals surface area contributed by atoms with Gasteiger partial charge in [0, 0.05) is 7.05 Å². The van der Waals surface area contributed by atoms with Crippen LogP contribution in [0.1, 0.15) is 17.0 Å². The Labute approximate surface area is 185 Å². The fourth-order valence-corrected chi connectivity index (χ4v) is 4.84. The van der Waals surface area contributed by atoms with E-state index in [1.165, 1.54) is 29.8 Å². The summed E-state index contributed by atoms with van der Waals surface area (Å²) in [7, 11) is -2.62. The van der Waals surface area contributed by atoms with Gasteiger partial charge in [-0.1, -0.05) is 35.9 Å². The lowest BCUT2D eigenvalue weighted by atomic mass is 10.1. The minimum atomic E-state index is -4.00. The monoisotopic (exact) mass is 451 g/mol. The van der Waals surface area contributed by atoms with Crippen LogP contribution in [0.2, 0.25) is 0 Å². The van der Waals surface area contributed by atoms with Crippen molar-refractivity contribution in [1.82, 2.24) is 13.9 Å². The molecule has 4 rings (SSSR count). The highest BCUT2D eigenvalue weighted by molar-refractivity contribution is 7.89. The quantitative estimate of drug-likeness (QED) is 0.460. The van der Waals surface area contributed by atoms with Gasteiger partial charge in [-0.25, -0.2) is 17.8 Å². The molecule has 0 bridgehead atoms. The molecule has 6 nitrogen and oxygen atoms in total. The fraction of sp³-hybridized carbons (Fsp3) is 0.167. The van der Waals surface area contributed by atoms with E-state index in [9.17, 15) is 17.6 Å². The molecule has 0 fully saturated rings. The average molecular weight is 452 g/mol. The molecule has 0 saturated carbocycles. The van der Waals surface area contributed by atoms with E-state index < -0.39 is 15.8 Å². The van der Waals surface area contributed by atoms with Crippen LogP contribution in [0.4, 0.5) is 4.39 Å². The van der Waals surface area contributed by atoms with Crippen LogP contribution < -0.4 is 5.56 Å². The van der Waals surface area contributed by atoms with Gasteiger partial charge in [0.25, 0.3) is 5.56 Å². The molecule has 0 spiro atoms. The largest absolute Gasteiger partial charge is 0.268 e. The SMILES string of the molecule is Cc1ccc(-n2c(CN(C)S(=O)(=O)c3cccc(F)c3)nc3ccccc3c2=O)c(C)c1. The van der Waals surface area contributed by atoms with E-state index in [1.54, 1.807) is 24.3 Å². The zero-order valence-corrected chi connectivity index (χ0v) is 18.7. The number of para-hydroxylation sites is 1. The fourth-order valence-electron chi connectivity index (χ4n) is 3.68. The summed E-state index contributed by atoms with van der Waals surface area (Å²) < 4.78 is 42.2. The van der Waals surface area contributed by atoms with Crippen LogP contribution in [0.5, 0.6) is 0 Å². The maximum atomic E-state index is 13.6. The third-order valence-electron chi connectivity index (χ3n) is 5.31. The van der Waals surface area contributed by atoms with Gasteiger partial charge >= 0.3 is 0 Å².